The maximum atomic E-state index is 11.4. The molecule has 1 unspecified atom stereocenters. The predicted molar refractivity (Wildman–Crippen MR) is 75.8 cm³/mol. The molecule has 5 nitrogen and oxygen atoms in total. The van der Waals surface area contributed by atoms with E-state index in [1.165, 1.54) is 0 Å². The SMILES string of the molecule is CCC(CCO)NCc1oc2ccccc2c1C(=O)O. The third kappa shape index (κ3) is 3.00. The zero-order valence-electron chi connectivity index (χ0n) is 11.4. The Kier molecular flexibility index (Phi) is 4.76. The summed E-state index contributed by atoms with van der Waals surface area (Å²) in [6, 6.07) is 7.26. The molecule has 20 heavy (non-hydrogen) atoms. The van der Waals surface area contributed by atoms with Crippen molar-refractivity contribution < 1.29 is 19.4 Å². The number of para-hydroxylation sites is 1. The van der Waals surface area contributed by atoms with Gasteiger partial charge in [0.2, 0.25) is 0 Å². The Hall–Kier alpha value is -1.85. The molecule has 1 heterocycles. The molecular formula is C15H19NO4. The first-order chi connectivity index (χ1) is 9.67. The smallest absolute Gasteiger partial charge is 0.339 e. The second kappa shape index (κ2) is 6.54. The molecule has 2 rings (SSSR count). The Morgan fingerprint density at radius 1 is 1.40 bits per heavy atom. The molecule has 108 valence electrons. The van der Waals surface area contributed by atoms with Gasteiger partial charge in [0.05, 0.1) is 6.54 Å². The van der Waals surface area contributed by atoms with Crippen LogP contribution in [0.15, 0.2) is 28.7 Å². The van der Waals surface area contributed by atoms with E-state index in [0.717, 1.165) is 6.42 Å². The van der Waals surface area contributed by atoms with Crippen molar-refractivity contribution in [3.8, 4) is 0 Å². The average molecular weight is 277 g/mol. The van der Waals surface area contributed by atoms with E-state index < -0.39 is 5.97 Å². The van der Waals surface area contributed by atoms with E-state index in [2.05, 4.69) is 5.32 Å². The van der Waals surface area contributed by atoms with Crippen LogP contribution in [0, 0.1) is 0 Å². The summed E-state index contributed by atoms with van der Waals surface area (Å²) in [6.07, 6.45) is 1.50. The molecule has 1 aromatic carbocycles. The quantitative estimate of drug-likeness (QED) is 0.723. The van der Waals surface area contributed by atoms with Crippen molar-refractivity contribution in [3.63, 3.8) is 0 Å². The van der Waals surface area contributed by atoms with Gasteiger partial charge in [0, 0.05) is 18.0 Å². The van der Waals surface area contributed by atoms with E-state index in [4.69, 9.17) is 9.52 Å². The average Bonchev–Trinajstić information content (AvgIpc) is 2.81. The molecule has 0 fully saturated rings. The Balaban J connectivity index is 2.25. The minimum absolute atomic E-state index is 0.109. The molecule has 0 saturated heterocycles. The van der Waals surface area contributed by atoms with Gasteiger partial charge in [-0.05, 0) is 18.9 Å². The lowest BCUT2D eigenvalue weighted by Gasteiger charge is -2.14. The Morgan fingerprint density at radius 2 is 2.15 bits per heavy atom. The van der Waals surface area contributed by atoms with Crippen molar-refractivity contribution >= 4 is 16.9 Å². The number of carbonyl (C=O) groups is 1. The standard InChI is InChI=1S/C15H19NO4/c1-2-10(7-8-17)16-9-13-14(15(18)19)11-5-3-4-6-12(11)20-13/h3-6,10,16-17H,2,7-9H2,1H3,(H,18,19). The summed E-state index contributed by atoms with van der Waals surface area (Å²) in [5, 5.41) is 22.2. The Bertz CT molecular complexity index is 591. The third-order valence-electron chi connectivity index (χ3n) is 3.40. The predicted octanol–water partition coefficient (Wildman–Crippen LogP) is 2.38. The van der Waals surface area contributed by atoms with Crippen LogP contribution < -0.4 is 5.32 Å². The van der Waals surface area contributed by atoms with Gasteiger partial charge in [-0.3, -0.25) is 0 Å². The molecule has 0 spiro atoms. The number of furan rings is 1. The first kappa shape index (κ1) is 14.6. The van der Waals surface area contributed by atoms with Crippen LogP contribution in [0.25, 0.3) is 11.0 Å². The van der Waals surface area contributed by atoms with Crippen LogP contribution in [0.5, 0.6) is 0 Å². The van der Waals surface area contributed by atoms with E-state index in [1.807, 2.05) is 13.0 Å². The molecule has 3 N–H and O–H groups in total. The van der Waals surface area contributed by atoms with Gasteiger partial charge in [0.25, 0.3) is 0 Å². The van der Waals surface area contributed by atoms with Crippen LogP contribution >= 0.6 is 0 Å². The number of aliphatic hydroxyl groups excluding tert-OH is 1. The van der Waals surface area contributed by atoms with Crippen molar-refractivity contribution in [2.24, 2.45) is 0 Å². The summed E-state index contributed by atoms with van der Waals surface area (Å²) >= 11 is 0. The number of carboxylic acid groups (broad SMARTS) is 1. The van der Waals surface area contributed by atoms with Gasteiger partial charge in [-0.2, -0.15) is 0 Å². The highest BCUT2D eigenvalue weighted by Gasteiger charge is 2.20. The number of rotatable bonds is 7. The molecule has 0 aliphatic rings. The zero-order valence-corrected chi connectivity index (χ0v) is 11.4. The largest absolute Gasteiger partial charge is 0.478 e. The minimum Gasteiger partial charge on any atom is -0.478 e. The van der Waals surface area contributed by atoms with Gasteiger partial charge < -0.3 is 19.9 Å². The van der Waals surface area contributed by atoms with E-state index in [-0.39, 0.29) is 18.2 Å². The van der Waals surface area contributed by atoms with E-state index in [0.29, 0.717) is 29.7 Å². The minimum atomic E-state index is -0.984. The molecule has 1 aromatic heterocycles. The van der Waals surface area contributed by atoms with E-state index in [1.54, 1.807) is 18.2 Å². The molecule has 2 aromatic rings. The fourth-order valence-corrected chi connectivity index (χ4v) is 2.30. The highest BCUT2D eigenvalue weighted by Crippen LogP contribution is 2.26. The van der Waals surface area contributed by atoms with Crippen LogP contribution in [0.2, 0.25) is 0 Å². The second-order valence-electron chi connectivity index (χ2n) is 4.70. The number of benzene rings is 1. The first-order valence-corrected chi connectivity index (χ1v) is 6.75. The fraction of sp³-hybridized carbons (Fsp3) is 0.400. The van der Waals surface area contributed by atoms with Gasteiger partial charge >= 0.3 is 5.97 Å². The lowest BCUT2D eigenvalue weighted by Crippen LogP contribution is -2.29. The van der Waals surface area contributed by atoms with Gasteiger partial charge in [0.1, 0.15) is 16.9 Å². The third-order valence-corrected chi connectivity index (χ3v) is 3.40. The molecule has 0 radical (unpaired) electrons. The molecule has 0 saturated carbocycles. The number of aromatic carboxylic acids is 1. The summed E-state index contributed by atoms with van der Waals surface area (Å²) in [4.78, 5) is 11.4. The molecule has 5 heteroatoms. The maximum absolute atomic E-state index is 11.4. The molecule has 0 aliphatic heterocycles. The zero-order chi connectivity index (χ0) is 14.5. The van der Waals surface area contributed by atoms with Crippen molar-refractivity contribution in [1.29, 1.82) is 0 Å². The lowest BCUT2D eigenvalue weighted by atomic mass is 10.1. The lowest BCUT2D eigenvalue weighted by molar-refractivity contribution is 0.0696. The van der Waals surface area contributed by atoms with E-state index in [9.17, 15) is 9.90 Å². The van der Waals surface area contributed by atoms with Crippen molar-refractivity contribution in [1.82, 2.24) is 5.32 Å². The number of carboxylic acids is 1. The molecular weight excluding hydrogens is 258 g/mol. The van der Waals surface area contributed by atoms with Crippen molar-refractivity contribution in [3.05, 3.63) is 35.6 Å². The van der Waals surface area contributed by atoms with Crippen molar-refractivity contribution in [2.75, 3.05) is 6.61 Å². The molecule has 0 aliphatic carbocycles. The number of aliphatic hydroxyl groups is 1. The molecule has 0 amide bonds. The summed E-state index contributed by atoms with van der Waals surface area (Å²) in [7, 11) is 0. The van der Waals surface area contributed by atoms with Crippen LogP contribution in [0.3, 0.4) is 0 Å². The van der Waals surface area contributed by atoms with E-state index >= 15 is 0 Å². The van der Waals surface area contributed by atoms with Crippen LogP contribution in [-0.4, -0.2) is 28.8 Å². The van der Waals surface area contributed by atoms with Gasteiger partial charge in [0.15, 0.2) is 0 Å². The summed E-state index contributed by atoms with van der Waals surface area (Å²) < 4.78 is 5.63. The topological polar surface area (TPSA) is 82.7 Å². The first-order valence-electron chi connectivity index (χ1n) is 6.75. The van der Waals surface area contributed by atoms with Crippen molar-refractivity contribution in [2.45, 2.75) is 32.4 Å². The number of hydrogen-bond donors (Lipinski definition) is 3. The monoisotopic (exact) mass is 277 g/mol. The summed E-state index contributed by atoms with van der Waals surface area (Å²) in [6.45, 7) is 2.47. The number of hydrogen-bond acceptors (Lipinski definition) is 4. The van der Waals surface area contributed by atoms with Crippen LogP contribution in [0.1, 0.15) is 35.9 Å². The number of fused-ring (bicyclic) bond motifs is 1. The molecule has 0 bridgehead atoms. The van der Waals surface area contributed by atoms with Gasteiger partial charge in [-0.1, -0.05) is 25.1 Å². The second-order valence-corrected chi connectivity index (χ2v) is 4.70. The van der Waals surface area contributed by atoms with Gasteiger partial charge in [-0.25, -0.2) is 4.79 Å². The van der Waals surface area contributed by atoms with Crippen LogP contribution in [-0.2, 0) is 6.54 Å². The molecule has 1 atom stereocenters. The fourth-order valence-electron chi connectivity index (χ4n) is 2.30. The maximum Gasteiger partial charge on any atom is 0.339 e. The van der Waals surface area contributed by atoms with Gasteiger partial charge in [-0.15, -0.1) is 0 Å². The normalized spacial score (nSPS) is 12.7. The highest BCUT2D eigenvalue weighted by molar-refractivity contribution is 6.03. The Labute approximate surface area is 117 Å². The van der Waals surface area contributed by atoms with Crippen LogP contribution in [0.4, 0.5) is 0 Å². The number of nitrogens with one attached hydrogen (secondary N) is 1. The highest BCUT2D eigenvalue weighted by atomic mass is 16.4. The summed E-state index contributed by atoms with van der Waals surface area (Å²) in [5.74, 6) is -0.558. The summed E-state index contributed by atoms with van der Waals surface area (Å²) in [5.41, 5.74) is 0.795. The Morgan fingerprint density at radius 3 is 2.80 bits per heavy atom.